The lowest BCUT2D eigenvalue weighted by atomic mass is 9.98. The number of carbonyl (C=O) groups is 1. The highest BCUT2D eigenvalue weighted by molar-refractivity contribution is 6.33. The van der Waals surface area contributed by atoms with Gasteiger partial charge < -0.3 is 5.32 Å². The maximum absolute atomic E-state index is 12.7. The molecule has 1 atom stereocenters. The van der Waals surface area contributed by atoms with E-state index < -0.39 is 0 Å². The molecular weight excluding hydrogens is 348 g/mol. The Labute approximate surface area is 160 Å². The third-order valence-electron chi connectivity index (χ3n) is 5.23. The van der Waals surface area contributed by atoms with Gasteiger partial charge in [-0.05, 0) is 57.8 Å². The normalized spacial score (nSPS) is 17.2. The second kappa shape index (κ2) is 8.23. The molecule has 1 fully saturated rings. The SMILES string of the molecule is Cc1nn(-c2ccccc2)c(Cl)c1C(=O)NC[C@@H](C)N1CCC(C)CC1. The summed E-state index contributed by atoms with van der Waals surface area (Å²) in [5.41, 5.74) is 1.93. The first-order valence-corrected chi connectivity index (χ1v) is 9.68. The van der Waals surface area contributed by atoms with Crippen LogP contribution in [0.3, 0.4) is 0 Å². The van der Waals surface area contributed by atoms with Gasteiger partial charge in [-0.3, -0.25) is 9.69 Å². The molecule has 0 bridgehead atoms. The molecule has 0 spiro atoms. The number of rotatable bonds is 5. The first-order valence-electron chi connectivity index (χ1n) is 9.30. The number of piperidine rings is 1. The zero-order valence-corrected chi connectivity index (χ0v) is 16.5. The molecule has 0 saturated carbocycles. The van der Waals surface area contributed by atoms with E-state index in [0.29, 0.717) is 29.0 Å². The number of amides is 1. The van der Waals surface area contributed by atoms with Crippen molar-refractivity contribution in [1.29, 1.82) is 0 Å². The molecule has 1 saturated heterocycles. The molecule has 0 aliphatic carbocycles. The molecular formula is C20H27ClN4O. The van der Waals surface area contributed by atoms with Gasteiger partial charge >= 0.3 is 0 Å². The predicted molar refractivity (Wildman–Crippen MR) is 105 cm³/mol. The second-order valence-electron chi connectivity index (χ2n) is 7.28. The van der Waals surface area contributed by atoms with Gasteiger partial charge in [-0.1, -0.05) is 36.7 Å². The Kier molecular flexibility index (Phi) is 5.99. The summed E-state index contributed by atoms with van der Waals surface area (Å²) >= 11 is 6.47. The van der Waals surface area contributed by atoms with Crippen molar-refractivity contribution in [1.82, 2.24) is 20.0 Å². The Morgan fingerprint density at radius 3 is 2.62 bits per heavy atom. The molecule has 0 radical (unpaired) electrons. The summed E-state index contributed by atoms with van der Waals surface area (Å²) in [5, 5.41) is 7.83. The Morgan fingerprint density at radius 2 is 1.96 bits per heavy atom. The quantitative estimate of drug-likeness (QED) is 0.868. The lowest BCUT2D eigenvalue weighted by Gasteiger charge is -2.35. The van der Waals surface area contributed by atoms with E-state index in [-0.39, 0.29) is 5.91 Å². The van der Waals surface area contributed by atoms with Crippen LogP contribution in [0.2, 0.25) is 5.15 Å². The number of hydrogen-bond acceptors (Lipinski definition) is 3. The molecule has 140 valence electrons. The molecule has 5 nitrogen and oxygen atoms in total. The van der Waals surface area contributed by atoms with Gasteiger partial charge in [0.25, 0.3) is 5.91 Å². The number of benzene rings is 1. The van der Waals surface area contributed by atoms with Crippen molar-refractivity contribution in [2.45, 2.75) is 39.7 Å². The maximum atomic E-state index is 12.7. The van der Waals surface area contributed by atoms with Crippen LogP contribution in [-0.2, 0) is 0 Å². The first-order chi connectivity index (χ1) is 12.5. The number of para-hydroxylation sites is 1. The third-order valence-corrected chi connectivity index (χ3v) is 5.58. The van der Waals surface area contributed by atoms with E-state index in [1.807, 2.05) is 37.3 Å². The number of hydrogen-bond donors (Lipinski definition) is 1. The fraction of sp³-hybridized carbons (Fsp3) is 0.500. The van der Waals surface area contributed by atoms with Crippen molar-refractivity contribution >= 4 is 17.5 Å². The largest absolute Gasteiger partial charge is 0.350 e. The van der Waals surface area contributed by atoms with Gasteiger partial charge in [-0.25, -0.2) is 4.68 Å². The molecule has 1 aromatic heterocycles. The summed E-state index contributed by atoms with van der Waals surface area (Å²) in [6.45, 7) is 9.10. The molecule has 3 rings (SSSR count). The molecule has 26 heavy (non-hydrogen) atoms. The van der Waals surface area contributed by atoms with Gasteiger partial charge in [-0.2, -0.15) is 5.10 Å². The van der Waals surface area contributed by atoms with E-state index in [1.165, 1.54) is 12.8 Å². The average Bonchev–Trinajstić information content (AvgIpc) is 2.95. The van der Waals surface area contributed by atoms with E-state index >= 15 is 0 Å². The average molecular weight is 375 g/mol. The highest BCUT2D eigenvalue weighted by Crippen LogP contribution is 2.23. The fourth-order valence-electron chi connectivity index (χ4n) is 3.42. The molecule has 2 heterocycles. The Bertz CT molecular complexity index is 751. The highest BCUT2D eigenvalue weighted by atomic mass is 35.5. The second-order valence-corrected chi connectivity index (χ2v) is 7.63. The topological polar surface area (TPSA) is 50.2 Å². The number of nitrogens with zero attached hydrogens (tertiary/aromatic N) is 3. The monoisotopic (exact) mass is 374 g/mol. The van der Waals surface area contributed by atoms with E-state index in [4.69, 9.17) is 11.6 Å². The zero-order chi connectivity index (χ0) is 18.7. The molecule has 6 heteroatoms. The minimum atomic E-state index is -0.160. The van der Waals surface area contributed by atoms with Gasteiger partial charge in [-0.15, -0.1) is 0 Å². The van der Waals surface area contributed by atoms with Crippen molar-refractivity contribution < 1.29 is 4.79 Å². The maximum Gasteiger partial charge on any atom is 0.256 e. The van der Waals surface area contributed by atoms with Crippen LogP contribution in [0.25, 0.3) is 5.69 Å². The van der Waals surface area contributed by atoms with Crippen molar-refractivity contribution in [2.75, 3.05) is 19.6 Å². The minimum Gasteiger partial charge on any atom is -0.350 e. The van der Waals surface area contributed by atoms with Gasteiger partial charge in [0, 0.05) is 12.6 Å². The van der Waals surface area contributed by atoms with Crippen molar-refractivity contribution in [3.05, 3.63) is 46.7 Å². The number of aromatic nitrogens is 2. The van der Waals surface area contributed by atoms with Crippen LogP contribution in [0, 0.1) is 12.8 Å². The molecule has 1 amide bonds. The Hall–Kier alpha value is -1.85. The number of halogens is 1. The van der Waals surface area contributed by atoms with E-state index in [9.17, 15) is 4.79 Å². The molecule has 1 aliphatic rings. The van der Waals surface area contributed by atoms with E-state index in [2.05, 4.69) is 29.2 Å². The van der Waals surface area contributed by atoms with Crippen LogP contribution in [0.15, 0.2) is 30.3 Å². The van der Waals surface area contributed by atoms with Gasteiger partial charge in [0.1, 0.15) is 5.15 Å². The smallest absolute Gasteiger partial charge is 0.256 e. The van der Waals surface area contributed by atoms with Gasteiger partial charge in [0.05, 0.1) is 16.9 Å². The highest BCUT2D eigenvalue weighted by Gasteiger charge is 2.24. The first kappa shape index (κ1) is 18.9. The van der Waals surface area contributed by atoms with Crippen LogP contribution >= 0.6 is 11.6 Å². The molecule has 1 aliphatic heterocycles. The fourth-order valence-corrected chi connectivity index (χ4v) is 3.78. The zero-order valence-electron chi connectivity index (χ0n) is 15.7. The summed E-state index contributed by atoms with van der Waals surface area (Å²) in [5.74, 6) is 0.644. The predicted octanol–water partition coefficient (Wildman–Crippen LogP) is 3.68. The number of aryl methyl sites for hydroxylation is 1. The Balaban J connectivity index is 1.66. The summed E-state index contributed by atoms with van der Waals surface area (Å²) in [4.78, 5) is 15.1. The summed E-state index contributed by atoms with van der Waals surface area (Å²) in [7, 11) is 0. The number of nitrogens with one attached hydrogen (secondary N) is 1. The van der Waals surface area contributed by atoms with E-state index in [0.717, 1.165) is 24.7 Å². The van der Waals surface area contributed by atoms with Crippen LogP contribution in [0.5, 0.6) is 0 Å². The lowest BCUT2D eigenvalue weighted by molar-refractivity contribution is 0.0921. The molecule has 0 unspecified atom stereocenters. The van der Waals surface area contributed by atoms with Crippen LogP contribution < -0.4 is 5.32 Å². The van der Waals surface area contributed by atoms with Crippen molar-refractivity contribution in [3.63, 3.8) is 0 Å². The van der Waals surface area contributed by atoms with Crippen LogP contribution in [0.4, 0.5) is 0 Å². The van der Waals surface area contributed by atoms with Gasteiger partial charge in [0.2, 0.25) is 0 Å². The van der Waals surface area contributed by atoms with Crippen LogP contribution in [-0.4, -0.2) is 46.3 Å². The Morgan fingerprint density at radius 1 is 1.31 bits per heavy atom. The standard InChI is InChI=1S/C20H27ClN4O/c1-14-9-11-24(12-10-14)15(2)13-22-20(26)18-16(3)23-25(19(18)21)17-7-5-4-6-8-17/h4-8,14-15H,9-13H2,1-3H3,(H,22,26)/t15-/m1/s1. The molecule has 1 aromatic carbocycles. The lowest BCUT2D eigenvalue weighted by Crippen LogP contribution is -2.45. The van der Waals surface area contributed by atoms with Crippen molar-refractivity contribution in [2.24, 2.45) is 5.92 Å². The summed E-state index contributed by atoms with van der Waals surface area (Å²) < 4.78 is 1.61. The van der Waals surface area contributed by atoms with Gasteiger partial charge in [0.15, 0.2) is 0 Å². The minimum absolute atomic E-state index is 0.160. The molecule has 2 aromatic rings. The van der Waals surface area contributed by atoms with E-state index in [1.54, 1.807) is 4.68 Å². The number of likely N-dealkylation sites (tertiary alicyclic amines) is 1. The summed E-state index contributed by atoms with van der Waals surface area (Å²) in [6, 6.07) is 9.92. The van der Waals surface area contributed by atoms with Crippen LogP contribution in [0.1, 0.15) is 42.7 Å². The summed E-state index contributed by atoms with van der Waals surface area (Å²) in [6.07, 6.45) is 2.46. The number of carbonyl (C=O) groups excluding carboxylic acids is 1. The van der Waals surface area contributed by atoms with Crippen molar-refractivity contribution in [3.8, 4) is 5.69 Å². The molecule has 1 N–H and O–H groups in total. The third kappa shape index (κ3) is 4.10.